The zero-order chi connectivity index (χ0) is 19.5. The van der Waals surface area contributed by atoms with E-state index in [-0.39, 0.29) is 11.8 Å². The lowest BCUT2D eigenvalue weighted by Gasteiger charge is -2.15. The summed E-state index contributed by atoms with van der Waals surface area (Å²) in [4.78, 5) is 16.4. The van der Waals surface area contributed by atoms with Crippen molar-refractivity contribution >= 4 is 11.7 Å². The topological polar surface area (TPSA) is 63.2 Å². The van der Waals surface area contributed by atoms with E-state index in [1.54, 1.807) is 0 Å². The zero-order valence-corrected chi connectivity index (χ0v) is 16.1. The fourth-order valence-corrected chi connectivity index (χ4v) is 2.62. The van der Waals surface area contributed by atoms with Gasteiger partial charge in [-0.15, -0.1) is 0 Å². The van der Waals surface area contributed by atoms with E-state index in [4.69, 9.17) is 4.74 Å². The van der Waals surface area contributed by atoms with Gasteiger partial charge in [0.2, 0.25) is 12.3 Å². The molecule has 1 atom stereocenters. The normalized spacial score (nSPS) is 18.5. The van der Waals surface area contributed by atoms with Crippen LogP contribution in [-0.4, -0.2) is 37.6 Å². The Kier molecular flexibility index (Phi) is 10.3. The van der Waals surface area contributed by atoms with Crippen LogP contribution in [0.25, 0.3) is 0 Å². The molecule has 3 rings (SSSR count). The Hall–Kier alpha value is -1.60. The molecule has 0 radical (unpaired) electrons. The summed E-state index contributed by atoms with van der Waals surface area (Å²) in [6.07, 6.45) is 0.894. The first kappa shape index (κ1) is 22.4. The Morgan fingerprint density at radius 1 is 1.31 bits per heavy atom. The van der Waals surface area contributed by atoms with E-state index >= 15 is 0 Å². The second-order valence-electron chi connectivity index (χ2n) is 6.11. The molecule has 2 fully saturated rings. The van der Waals surface area contributed by atoms with Gasteiger partial charge in [-0.3, -0.25) is 4.79 Å². The number of carbonyl (C=O) groups excluding carboxylic acids is 1. The molecule has 1 aromatic heterocycles. The van der Waals surface area contributed by atoms with Crippen molar-refractivity contribution < 1.29 is 18.3 Å². The molecule has 26 heavy (non-hydrogen) atoms. The maximum atomic E-state index is 11.8. The molecule has 2 aliphatic rings. The Balaban J connectivity index is 0.000000500. The van der Waals surface area contributed by atoms with Gasteiger partial charge in [0.05, 0.1) is 12.3 Å². The van der Waals surface area contributed by atoms with E-state index in [1.165, 1.54) is 5.56 Å². The second-order valence-corrected chi connectivity index (χ2v) is 6.11. The van der Waals surface area contributed by atoms with Crippen LogP contribution < -0.4 is 10.6 Å². The van der Waals surface area contributed by atoms with Crippen molar-refractivity contribution in [3.8, 4) is 0 Å². The highest BCUT2D eigenvalue weighted by atomic mass is 19.3. The fraction of sp³-hybridized carbons (Fsp3) is 0.684. The maximum Gasteiger partial charge on any atom is 0.235 e. The number of pyridine rings is 1. The molecule has 1 saturated carbocycles. The number of ether oxygens (including phenoxy) is 1. The van der Waals surface area contributed by atoms with Gasteiger partial charge in [0.1, 0.15) is 5.82 Å². The molecule has 1 aliphatic heterocycles. The number of amides is 1. The lowest BCUT2D eigenvalue weighted by Crippen LogP contribution is -2.17. The minimum Gasteiger partial charge on any atom is -0.381 e. The molecule has 1 aromatic rings. The van der Waals surface area contributed by atoms with Gasteiger partial charge in [0.25, 0.3) is 0 Å². The Morgan fingerprint density at radius 3 is 2.46 bits per heavy atom. The number of anilines is 1. The predicted octanol–water partition coefficient (Wildman–Crippen LogP) is 3.95. The van der Waals surface area contributed by atoms with Gasteiger partial charge >= 0.3 is 0 Å². The van der Waals surface area contributed by atoms with Crippen LogP contribution in [0.15, 0.2) is 12.1 Å². The highest BCUT2D eigenvalue weighted by Gasteiger charge is 2.30. The Morgan fingerprint density at radius 2 is 1.96 bits per heavy atom. The number of hydrogen-bond donors (Lipinski definition) is 2. The zero-order valence-electron chi connectivity index (χ0n) is 16.1. The molecule has 7 heteroatoms. The first-order chi connectivity index (χ1) is 12.5. The molecule has 1 amide bonds. The van der Waals surface area contributed by atoms with Crippen molar-refractivity contribution in [2.75, 3.05) is 25.6 Å². The fourth-order valence-electron chi connectivity index (χ4n) is 2.62. The molecule has 0 spiro atoms. The van der Waals surface area contributed by atoms with E-state index in [9.17, 15) is 13.6 Å². The molecule has 1 unspecified atom stereocenters. The third-order valence-corrected chi connectivity index (χ3v) is 3.92. The van der Waals surface area contributed by atoms with Crippen LogP contribution in [-0.2, 0) is 16.1 Å². The summed E-state index contributed by atoms with van der Waals surface area (Å²) in [5.74, 6) is 1.39. The highest BCUT2D eigenvalue weighted by Crippen LogP contribution is 2.31. The molecule has 148 valence electrons. The third-order valence-electron chi connectivity index (χ3n) is 3.92. The van der Waals surface area contributed by atoms with Crippen LogP contribution in [0.3, 0.4) is 0 Å². The van der Waals surface area contributed by atoms with Gasteiger partial charge in [-0.2, -0.15) is 0 Å². The number of nitrogens with zero attached hydrogens (tertiary/aromatic N) is 1. The predicted molar refractivity (Wildman–Crippen MR) is 99.6 cm³/mol. The lowest BCUT2D eigenvalue weighted by molar-refractivity contribution is -0.117. The van der Waals surface area contributed by atoms with Crippen LogP contribution >= 0.6 is 0 Å². The monoisotopic (exact) mass is 371 g/mol. The lowest BCUT2D eigenvalue weighted by atomic mass is 9.96. The van der Waals surface area contributed by atoms with E-state index in [0.717, 1.165) is 45.1 Å². The van der Waals surface area contributed by atoms with Crippen LogP contribution in [0.2, 0.25) is 0 Å². The Bertz CT molecular complexity index is 543. The first-order valence-electron chi connectivity index (χ1n) is 9.32. The number of nitrogens with one attached hydrogen (secondary N) is 2. The number of aromatic nitrogens is 1. The number of alkyl halides is 2. The van der Waals surface area contributed by atoms with Gasteiger partial charge in [-0.1, -0.05) is 19.9 Å². The average Bonchev–Trinajstić information content (AvgIpc) is 3.33. The van der Waals surface area contributed by atoms with Gasteiger partial charge in [-0.25, -0.2) is 13.8 Å². The molecule has 2 N–H and O–H groups in total. The SMILES string of the molecule is CC.CC(F)F.CNCc1nc(NC(=O)C2CC2)ccc1C1CCOC1. The first-order valence-corrected chi connectivity index (χ1v) is 9.32. The van der Waals surface area contributed by atoms with E-state index < -0.39 is 6.43 Å². The molecule has 0 bridgehead atoms. The summed E-state index contributed by atoms with van der Waals surface area (Å²) in [6.45, 7) is 7.13. The van der Waals surface area contributed by atoms with Crippen LogP contribution in [0.4, 0.5) is 14.6 Å². The number of hydrogen-bond acceptors (Lipinski definition) is 4. The standard InChI is InChI=1S/C15H21N3O2.C2H4F2.C2H6/c1-16-8-13-12(11-6-7-20-9-11)4-5-14(17-13)18-15(19)10-2-3-10;1-2(3)4;1-2/h4-5,10-11,16H,2-3,6-9H2,1H3,(H,17,18,19);2H,1H3;1-2H3. The molecule has 5 nitrogen and oxygen atoms in total. The van der Waals surface area contributed by atoms with Crippen molar-refractivity contribution in [2.45, 2.75) is 58.9 Å². The highest BCUT2D eigenvalue weighted by molar-refractivity contribution is 5.93. The summed E-state index contributed by atoms with van der Waals surface area (Å²) in [7, 11) is 1.91. The van der Waals surface area contributed by atoms with Gasteiger partial charge in [0.15, 0.2) is 0 Å². The summed E-state index contributed by atoms with van der Waals surface area (Å²) in [6, 6.07) is 3.99. The van der Waals surface area contributed by atoms with Crippen molar-refractivity contribution in [3.05, 3.63) is 23.4 Å². The van der Waals surface area contributed by atoms with Crippen molar-refractivity contribution in [1.82, 2.24) is 10.3 Å². The Labute approximate surface area is 154 Å². The largest absolute Gasteiger partial charge is 0.381 e. The van der Waals surface area contributed by atoms with Crippen molar-refractivity contribution in [2.24, 2.45) is 5.92 Å². The number of halogens is 2. The summed E-state index contributed by atoms with van der Waals surface area (Å²) >= 11 is 0. The number of carbonyl (C=O) groups is 1. The number of rotatable bonds is 5. The third kappa shape index (κ3) is 7.74. The molecular formula is C19H31F2N3O2. The quantitative estimate of drug-likeness (QED) is 0.823. The average molecular weight is 371 g/mol. The molecule has 1 aliphatic carbocycles. The van der Waals surface area contributed by atoms with Gasteiger partial charge in [0, 0.05) is 25.0 Å². The summed E-state index contributed by atoms with van der Waals surface area (Å²) in [5, 5.41) is 6.06. The molecular weight excluding hydrogens is 340 g/mol. The molecule has 2 heterocycles. The van der Waals surface area contributed by atoms with Gasteiger partial charge < -0.3 is 15.4 Å². The molecule has 1 saturated heterocycles. The smallest absolute Gasteiger partial charge is 0.235 e. The van der Waals surface area contributed by atoms with Gasteiger partial charge in [-0.05, 0) is 44.9 Å². The van der Waals surface area contributed by atoms with Crippen molar-refractivity contribution in [3.63, 3.8) is 0 Å². The van der Waals surface area contributed by atoms with Crippen molar-refractivity contribution in [1.29, 1.82) is 0 Å². The van der Waals surface area contributed by atoms with Crippen LogP contribution in [0.5, 0.6) is 0 Å². The van der Waals surface area contributed by atoms with E-state index in [1.807, 2.05) is 27.0 Å². The molecule has 0 aromatic carbocycles. The van der Waals surface area contributed by atoms with E-state index in [0.29, 0.717) is 18.3 Å². The van der Waals surface area contributed by atoms with Crippen LogP contribution in [0, 0.1) is 5.92 Å². The maximum absolute atomic E-state index is 11.8. The van der Waals surface area contributed by atoms with Crippen LogP contribution in [0.1, 0.15) is 57.2 Å². The minimum absolute atomic E-state index is 0.102. The second kappa shape index (κ2) is 11.9. The van der Waals surface area contributed by atoms with E-state index in [2.05, 4.69) is 21.7 Å². The minimum atomic E-state index is -2.17. The summed E-state index contributed by atoms with van der Waals surface area (Å²) < 4.78 is 26.1. The summed E-state index contributed by atoms with van der Waals surface area (Å²) in [5.41, 5.74) is 2.25.